The number of thiophene rings is 1. The molecular weight excluding hydrogens is 989 g/mol. The van der Waals surface area contributed by atoms with Gasteiger partial charge in [-0.3, -0.25) is 19.2 Å². The number of aromatic nitrogens is 1. The number of fused-ring (bicyclic) bond motifs is 1. The average molecular weight is 1050 g/mol. The molecule has 1 aliphatic heterocycles. The Labute approximate surface area is 444 Å². The molecule has 8 rings (SSSR count). The van der Waals surface area contributed by atoms with E-state index in [-0.39, 0.29) is 48.7 Å². The number of rotatable bonds is 20. The summed E-state index contributed by atoms with van der Waals surface area (Å²) in [6.45, 7) is 9.96. The number of phenols is 2. The van der Waals surface area contributed by atoms with E-state index in [9.17, 15) is 34.5 Å². The second-order valence-electron chi connectivity index (χ2n) is 19.8. The quantitative estimate of drug-likeness (QED) is 0.0241. The van der Waals surface area contributed by atoms with Gasteiger partial charge in [0.15, 0.2) is 5.75 Å². The van der Waals surface area contributed by atoms with E-state index >= 15 is 0 Å². The van der Waals surface area contributed by atoms with E-state index in [0.717, 1.165) is 67.1 Å². The number of thiazole rings is 1. The first-order valence-electron chi connectivity index (χ1n) is 25.0. The lowest BCUT2D eigenvalue weighted by Crippen LogP contribution is -2.57. The molecule has 75 heavy (non-hydrogen) atoms. The Hall–Kier alpha value is -7.60. The van der Waals surface area contributed by atoms with Crippen LogP contribution >= 0.6 is 22.7 Å². The first kappa shape index (κ1) is 53.7. The van der Waals surface area contributed by atoms with Crippen LogP contribution in [-0.4, -0.2) is 86.4 Å². The highest BCUT2D eigenvalue weighted by molar-refractivity contribution is 7.22. The number of carbonyl (C=O) groups is 4. The van der Waals surface area contributed by atoms with Crippen molar-refractivity contribution in [1.82, 2.24) is 25.9 Å². The van der Waals surface area contributed by atoms with Gasteiger partial charge in [0.25, 0.3) is 5.91 Å². The van der Waals surface area contributed by atoms with Gasteiger partial charge < -0.3 is 40.3 Å². The average Bonchev–Trinajstić information content (AvgIpc) is 4.11. The Kier molecular flexibility index (Phi) is 17.3. The first-order chi connectivity index (χ1) is 36.0. The molecule has 5 aromatic carbocycles. The third kappa shape index (κ3) is 13.8. The number of aromatic hydroxyl groups is 2. The Bertz CT molecular complexity index is 3150. The van der Waals surface area contributed by atoms with Crippen molar-refractivity contribution in [3.05, 3.63) is 143 Å². The number of hydrazone groups is 1. The van der Waals surface area contributed by atoms with E-state index in [4.69, 9.17) is 9.47 Å². The lowest BCUT2D eigenvalue weighted by Gasteiger charge is -2.35. The third-order valence-electron chi connectivity index (χ3n) is 13.0. The van der Waals surface area contributed by atoms with Crippen molar-refractivity contribution >= 4 is 62.6 Å². The number of unbranched alkanes of at least 4 members (excludes halogenated alkanes) is 3. The highest BCUT2D eigenvalue weighted by atomic mass is 32.1. The molecule has 0 aliphatic carbocycles. The van der Waals surface area contributed by atoms with E-state index in [0.29, 0.717) is 35.8 Å². The molecule has 17 heteroatoms. The van der Waals surface area contributed by atoms with Gasteiger partial charge in [-0.05, 0) is 139 Å². The van der Waals surface area contributed by atoms with E-state index in [2.05, 4.69) is 26.1 Å². The van der Waals surface area contributed by atoms with Gasteiger partial charge in [0, 0.05) is 35.0 Å². The molecule has 2 aromatic heterocycles. The molecule has 15 nitrogen and oxygen atoms in total. The fourth-order valence-corrected chi connectivity index (χ4v) is 10.8. The van der Waals surface area contributed by atoms with Gasteiger partial charge in [-0.1, -0.05) is 63.9 Å². The second-order valence-corrected chi connectivity index (χ2v) is 21.7. The van der Waals surface area contributed by atoms with Crippen molar-refractivity contribution in [3.63, 3.8) is 0 Å². The van der Waals surface area contributed by atoms with Crippen molar-refractivity contribution in [1.29, 1.82) is 0 Å². The molecule has 1 saturated heterocycles. The zero-order valence-corrected chi connectivity index (χ0v) is 44.2. The van der Waals surface area contributed by atoms with Crippen LogP contribution in [0.1, 0.15) is 99.4 Å². The maximum absolute atomic E-state index is 14.1. The molecule has 6 N–H and O–H groups in total. The number of nitrogens with one attached hydrogen (secondary N) is 3. The summed E-state index contributed by atoms with van der Waals surface area (Å²) in [6, 6.07) is 31.7. The summed E-state index contributed by atoms with van der Waals surface area (Å²) in [5, 5.41) is 41.6. The van der Waals surface area contributed by atoms with Gasteiger partial charge >= 0.3 is 0 Å². The molecule has 4 amide bonds. The number of carbonyl (C=O) groups excluding carboxylic acids is 4. The van der Waals surface area contributed by atoms with Gasteiger partial charge in [-0.25, -0.2) is 10.4 Å². The van der Waals surface area contributed by atoms with Gasteiger partial charge in [0.1, 0.15) is 35.1 Å². The number of β-amino-alcohol motifs (C(OH)–C–C–N with tert-alkyl or cyclic N) is 1. The smallest absolute Gasteiger partial charge is 0.271 e. The number of aliphatic hydroxyl groups is 1. The number of hydrogen-bond acceptors (Lipinski definition) is 13. The van der Waals surface area contributed by atoms with Crippen LogP contribution in [0, 0.1) is 12.3 Å². The SMILES string of the molecule is Cc1ncsc1-c1ccc([C@H](C)NC(=O)[C@@H]2C[C@@H](O)CN2C(=O)[C@@H](NC(=O)CCCCCCOc2ccc(/C=N/NC(=O)c3cccc(Oc4c(-c5ccc(O)cc5)sc5cc(O)ccc45)c3)cc2)C(C)(C)C)cc1. The molecule has 390 valence electrons. The van der Waals surface area contributed by atoms with Crippen LogP contribution in [0.5, 0.6) is 28.7 Å². The summed E-state index contributed by atoms with van der Waals surface area (Å²) in [5.74, 6) is 0.533. The number of aryl methyl sites for hydroxylation is 1. The number of benzene rings is 5. The normalized spacial score (nSPS) is 15.4. The number of amides is 4. The third-order valence-corrected chi connectivity index (χ3v) is 15.1. The zero-order chi connectivity index (χ0) is 53.2. The number of hydrogen-bond donors (Lipinski definition) is 6. The Balaban J connectivity index is 0.745. The number of aliphatic hydroxyl groups excluding tert-OH is 1. The monoisotopic (exact) mass is 1050 g/mol. The number of nitrogens with zero attached hydrogens (tertiary/aromatic N) is 3. The summed E-state index contributed by atoms with van der Waals surface area (Å²) < 4.78 is 13.2. The molecule has 7 aromatic rings. The van der Waals surface area contributed by atoms with Crippen molar-refractivity contribution in [2.24, 2.45) is 10.5 Å². The molecule has 0 saturated carbocycles. The van der Waals surface area contributed by atoms with Gasteiger partial charge in [0.2, 0.25) is 17.7 Å². The standard InChI is InChI=1S/C58H62N6O9S2/c1-35(38-16-18-39(19-17-38)52-36(2)59-34-74-52)61-56(70)48-30-44(67)33-64(48)57(71)54(58(3,4)5)62-50(68)13-8-6-7-9-28-72-45-25-14-37(15-26-45)32-60-63-55(69)41-11-10-12-46(29-41)73-51-47-27-24-43(66)31-49(47)75-53(51)40-20-22-42(65)23-21-40/h10-12,14-27,29,31-32,34-35,44,48,54,65-67H,6-9,13,28,30,33H2,1-5H3,(H,61,70)(H,62,68)(H,63,69)/b60-32+/t35-,44+,48-,54+/m0/s1. The molecule has 0 radical (unpaired) electrons. The van der Waals surface area contributed by atoms with Crippen LogP contribution in [0.4, 0.5) is 0 Å². The lowest BCUT2D eigenvalue weighted by atomic mass is 9.85. The number of likely N-dealkylation sites (tertiary alicyclic amines) is 1. The Morgan fingerprint density at radius 1 is 0.840 bits per heavy atom. The Morgan fingerprint density at radius 2 is 1.55 bits per heavy atom. The van der Waals surface area contributed by atoms with Crippen LogP contribution in [0.25, 0.3) is 31.0 Å². The van der Waals surface area contributed by atoms with Gasteiger partial charge in [0.05, 0.1) is 45.9 Å². The maximum Gasteiger partial charge on any atom is 0.271 e. The lowest BCUT2D eigenvalue weighted by molar-refractivity contribution is -0.144. The molecule has 0 bridgehead atoms. The van der Waals surface area contributed by atoms with Gasteiger partial charge in [-0.2, -0.15) is 5.10 Å². The highest BCUT2D eigenvalue weighted by Gasteiger charge is 2.44. The summed E-state index contributed by atoms with van der Waals surface area (Å²) in [6.07, 6.45) is 4.04. The highest BCUT2D eigenvalue weighted by Crippen LogP contribution is 2.47. The fraction of sp³-hybridized carbons (Fsp3) is 0.310. The van der Waals surface area contributed by atoms with Crippen LogP contribution in [0.3, 0.4) is 0 Å². The molecule has 1 aliphatic rings. The predicted octanol–water partition coefficient (Wildman–Crippen LogP) is 10.7. The van der Waals surface area contributed by atoms with Crippen LogP contribution in [0.15, 0.2) is 126 Å². The van der Waals surface area contributed by atoms with E-state index in [1.807, 2.05) is 88.7 Å². The number of phenolic OH excluding ortho intramolecular Hbond substituents is 2. The molecule has 3 heterocycles. The topological polar surface area (TPSA) is 212 Å². The zero-order valence-electron chi connectivity index (χ0n) is 42.5. The molecular formula is C58H62N6O9S2. The van der Waals surface area contributed by atoms with Crippen molar-refractivity contribution in [3.8, 4) is 49.6 Å². The number of ether oxygens (including phenoxy) is 2. The van der Waals surface area contributed by atoms with Crippen molar-refractivity contribution in [2.45, 2.75) is 97.4 Å². The van der Waals surface area contributed by atoms with Crippen molar-refractivity contribution < 1.29 is 44.0 Å². The van der Waals surface area contributed by atoms with E-state index in [1.54, 1.807) is 78.1 Å². The summed E-state index contributed by atoms with van der Waals surface area (Å²) in [7, 11) is 0. The molecule has 4 atom stereocenters. The molecule has 0 unspecified atom stereocenters. The van der Waals surface area contributed by atoms with E-state index in [1.165, 1.54) is 22.5 Å². The summed E-state index contributed by atoms with van der Waals surface area (Å²) in [4.78, 5) is 61.8. The summed E-state index contributed by atoms with van der Waals surface area (Å²) >= 11 is 3.02. The second kappa shape index (κ2) is 24.2. The fourth-order valence-electron chi connectivity index (χ4n) is 8.84. The molecule has 0 spiro atoms. The van der Waals surface area contributed by atoms with E-state index < -0.39 is 35.4 Å². The summed E-state index contributed by atoms with van der Waals surface area (Å²) in [5.41, 5.74) is 8.57. The Morgan fingerprint density at radius 3 is 2.27 bits per heavy atom. The van der Waals surface area contributed by atoms with Gasteiger partial charge in [-0.15, -0.1) is 22.7 Å². The minimum atomic E-state index is -0.897. The van der Waals surface area contributed by atoms with Crippen molar-refractivity contribution in [2.75, 3.05) is 13.2 Å². The van der Waals surface area contributed by atoms with Crippen LogP contribution in [-0.2, 0) is 14.4 Å². The minimum absolute atomic E-state index is 0.00206. The first-order valence-corrected chi connectivity index (χ1v) is 26.7. The minimum Gasteiger partial charge on any atom is -0.508 e. The molecule has 1 fully saturated rings. The van der Waals surface area contributed by atoms with Crippen LogP contribution < -0.4 is 25.5 Å². The largest absolute Gasteiger partial charge is 0.508 e. The predicted molar refractivity (Wildman–Crippen MR) is 294 cm³/mol. The maximum atomic E-state index is 14.1. The van der Waals surface area contributed by atoms with Crippen LogP contribution in [0.2, 0.25) is 0 Å².